The normalized spacial score (nSPS) is 31.4. The highest BCUT2D eigenvalue weighted by Gasteiger charge is 2.76. The van der Waals surface area contributed by atoms with Crippen molar-refractivity contribution in [3.05, 3.63) is 173 Å². The Balaban J connectivity index is 0.000000157. The topological polar surface area (TPSA) is 240 Å². The van der Waals surface area contributed by atoms with Gasteiger partial charge in [-0.3, -0.25) is 14.7 Å². The predicted molar refractivity (Wildman–Crippen MR) is 437 cm³/mol. The minimum atomic E-state index is -4.38. The molecule has 5 aromatic carbocycles. The number of likely N-dealkylation sites (tertiary alicyclic amines) is 3. The third-order valence-corrected chi connectivity index (χ3v) is 28.3. The number of likely N-dealkylation sites (N-methyl/N-ethyl adjacent to an activating group) is 1. The summed E-state index contributed by atoms with van der Waals surface area (Å²) in [7, 11) is 2.02. The van der Waals surface area contributed by atoms with Crippen molar-refractivity contribution in [3.8, 4) is 40.2 Å². The molecule has 0 amide bonds. The number of nitrogens with one attached hydrogen (secondary N) is 2. The molecule has 16 atom stereocenters. The molecule has 6 bridgehead atoms. The molecule has 19 nitrogen and oxygen atoms in total. The zero-order valence-electron chi connectivity index (χ0n) is 67.7. The van der Waals surface area contributed by atoms with Gasteiger partial charge in [-0.05, 0) is 201 Å². The van der Waals surface area contributed by atoms with Gasteiger partial charge in [-0.25, -0.2) is 0 Å². The van der Waals surface area contributed by atoms with Crippen LogP contribution in [0, 0.1) is 0 Å². The second-order valence-corrected chi connectivity index (χ2v) is 34.4. The van der Waals surface area contributed by atoms with E-state index >= 15 is 0 Å². The second-order valence-electron chi connectivity index (χ2n) is 34.4. The lowest BCUT2D eigenvalue weighted by Crippen LogP contribution is -2.78. The van der Waals surface area contributed by atoms with Crippen molar-refractivity contribution in [3.63, 3.8) is 0 Å². The third kappa shape index (κ3) is 14.9. The largest absolute Gasteiger partial charge is 0.504 e. The Bertz CT molecular complexity index is 4140. The van der Waals surface area contributed by atoms with Crippen LogP contribution in [0.4, 0.5) is 13.2 Å². The number of ether oxygens (including phenoxy) is 6. The molecule has 10 N–H and O–H groups in total. The van der Waals surface area contributed by atoms with E-state index in [9.17, 15) is 43.8 Å². The van der Waals surface area contributed by atoms with Gasteiger partial charge in [0.25, 0.3) is 0 Å². The molecule has 17 rings (SSSR count). The number of hydrogen-bond acceptors (Lipinski definition) is 19. The number of aromatic hydroxyl groups is 3. The van der Waals surface area contributed by atoms with Gasteiger partial charge in [0.2, 0.25) is 0 Å². The number of nitrogens with zero attached hydrogens (tertiary/aromatic N) is 4. The van der Waals surface area contributed by atoms with Crippen LogP contribution in [0.3, 0.4) is 0 Å². The smallest absolute Gasteiger partial charge is 0.416 e. The number of piperidine rings is 3. The zero-order valence-corrected chi connectivity index (χ0v) is 67.7. The maximum Gasteiger partial charge on any atom is 0.416 e. The van der Waals surface area contributed by atoms with E-state index in [-0.39, 0.29) is 77.9 Å². The molecule has 6 heterocycles. The Kier molecular flexibility index (Phi) is 25.7. The molecule has 6 aliphatic heterocycles. The maximum atomic E-state index is 13.0. The molecule has 0 aromatic heterocycles. The van der Waals surface area contributed by atoms with E-state index in [0.29, 0.717) is 68.7 Å². The number of halogens is 3. The molecule has 6 aliphatic carbocycles. The first-order chi connectivity index (χ1) is 55.1. The number of benzene rings is 5. The molecule has 0 radical (unpaired) electrons. The van der Waals surface area contributed by atoms with Crippen LogP contribution >= 0.6 is 0 Å². The minimum Gasteiger partial charge on any atom is -0.504 e. The quantitative estimate of drug-likeness (QED) is 0.0148. The summed E-state index contributed by atoms with van der Waals surface area (Å²) in [6.45, 7) is 29.0. The monoisotopic (exact) mass is 1580 g/mol. The Hall–Kier alpha value is -6.77. The molecule has 622 valence electrons. The summed E-state index contributed by atoms with van der Waals surface area (Å²) in [6, 6.07) is 26.2. The Morgan fingerprint density at radius 2 is 0.974 bits per heavy atom. The lowest BCUT2D eigenvalue weighted by atomic mass is 9.48. The Labute approximate surface area is 673 Å². The van der Waals surface area contributed by atoms with Gasteiger partial charge < -0.3 is 80.3 Å². The molecule has 22 heteroatoms. The molecular formula is C92H126F3N7O12. The number of phenolic OH excluding ortho intramolecular Hbond substituents is 3. The predicted octanol–water partition coefficient (Wildman–Crippen LogP) is 12.8. The molecular weight excluding hydrogens is 1450 g/mol. The van der Waals surface area contributed by atoms with Gasteiger partial charge in [0.15, 0.2) is 34.5 Å². The van der Waals surface area contributed by atoms with E-state index in [1.54, 1.807) is 18.2 Å². The molecule has 3 spiro atoms. The maximum absolute atomic E-state index is 13.0. The first-order valence-corrected chi connectivity index (χ1v) is 42.8. The lowest BCUT2D eigenvalue weighted by Gasteiger charge is -2.64. The SMILES string of the molecule is C=CCN1CC[C@]23c4c5ccc(O)c4OC2[C@H](N)CC[C@@]3(O)[C@H]1C5.C=CCN1CC[C@]23c4c5ccc(O)c4OC2[C@H](NCCCC)CC[C@@]3(O)[C@H]1C5.C=CCN1CC[C@]23c4c5ccc(O)c4OC2[C@H](NCCCCCCOCCOCCN(C)CCC(Oc2ccc(C(F)(F)F)cc2)c2ccccc2)CC[C@@]3(O)[C@H]1C5.CCCC. The minimum absolute atomic E-state index is 0.00923. The number of rotatable bonds is 31. The number of phenols is 3. The Morgan fingerprint density at radius 3 is 1.43 bits per heavy atom. The molecule has 3 saturated carbocycles. The highest BCUT2D eigenvalue weighted by atomic mass is 19.4. The summed E-state index contributed by atoms with van der Waals surface area (Å²) in [5.74, 6) is 2.72. The number of hydrogen-bond donors (Lipinski definition) is 9. The zero-order chi connectivity index (χ0) is 80.4. The standard InChI is InChI=1S/C46H60F3N3O6.C23H32N2O3.C19H24N2O3.C4H10/c1-3-24-52-26-22-44-41-34-13-18-38(53)42(41)58-43(44)37(19-21-45(44,54)40(52)32-34)50-23-9-4-5-10-28-55-30-31-56-29-27-51(2)25-20-39(33-11-7-6-8-12-33)57-36-16-14-35(15-17-36)46(47,48)49;1-3-5-11-24-16-8-9-23(27)18-14-15-6-7-17(26)20-19(15)22(23,21(16)28-20)10-13-25(18)12-4-2;1-2-8-21-9-7-18-15-11-3-4-13(22)16(15)24-17(18)12(20)5-6-19(18,23)14(21)10-11;1-3-4-2/h3,6-8,11-18,37,39-40,43,50,53-54H,1,4-5,9-10,19-32H2,2H3;4,6-7,16,18,21,24,26-27H,2-3,5,8-14H2,1H3;2-4,12,14,17,22-23H,1,5-10,20H2;3-4H2,1-2H3/t37-,39?,40-,43?,44+,45-;16-,18-,21?,22+,23-;12-,14-,17?,18+,19-;/m111./s1. The summed E-state index contributed by atoms with van der Waals surface area (Å²) in [6.07, 6.45) is 19.7. The van der Waals surface area contributed by atoms with Gasteiger partial charge in [-0.15, -0.1) is 19.7 Å². The average Bonchev–Trinajstić information content (AvgIpc) is 1.46. The first-order valence-electron chi connectivity index (χ1n) is 42.8. The van der Waals surface area contributed by atoms with E-state index in [1.807, 2.05) is 73.8 Å². The van der Waals surface area contributed by atoms with Crippen LogP contribution in [0.1, 0.15) is 187 Å². The Morgan fingerprint density at radius 1 is 0.535 bits per heavy atom. The fourth-order valence-corrected chi connectivity index (χ4v) is 22.8. The average molecular weight is 1580 g/mol. The van der Waals surface area contributed by atoms with Crippen LogP contribution in [0.5, 0.6) is 40.2 Å². The number of alkyl halides is 3. The van der Waals surface area contributed by atoms with Gasteiger partial charge in [0.05, 0.1) is 58.4 Å². The molecule has 3 saturated heterocycles. The van der Waals surface area contributed by atoms with Crippen molar-refractivity contribution in [1.82, 2.24) is 30.2 Å². The summed E-state index contributed by atoms with van der Waals surface area (Å²) in [4.78, 5) is 9.29. The van der Waals surface area contributed by atoms with Crippen LogP contribution in [-0.4, -0.2) is 221 Å². The fraction of sp³-hybridized carbons (Fsp3) is 0.609. The summed E-state index contributed by atoms with van der Waals surface area (Å²) in [5, 5.41) is 76.0. The van der Waals surface area contributed by atoms with Gasteiger partial charge in [-0.2, -0.15) is 13.2 Å². The fourth-order valence-electron chi connectivity index (χ4n) is 22.8. The van der Waals surface area contributed by atoms with Gasteiger partial charge in [0, 0.05) is 98.7 Å². The first kappa shape index (κ1) is 83.7. The van der Waals surface area contributed by atoms with E-state index in [0.717, 1.165) is 203 Å². The molecule has 5 aromatic rings. The van der Waals surface area contributed by atoms with Crippen molar-refractivity contribution in [2.75, 3.05) is 98.9 Å². The van der Waals surface area contributed by atoms with Crippen molar-refractivity contribution >= 4 is 0 Å². The van der Waals surface area contributed by atoms with E-state index in [4.69, 9.17) is 34.2 Å². The number of nitrogens with two attached hydrogens (primary N) is 1. The second kappa shape index (κ2) is 35.0. The molecule has 114 heavy (non-hydrogen) atoms. The van der Waals surface area contributed by atoms with Gasteiger partial charge in [-0.1, -0.05) is 120 Å². The third-order valence-electron chi connectivity index (χ3n) is 28.3. The van der Waals surface area contributed by atoms with Crippen molar-refractivity contribution < 1.29 is 72.2 Å². The van der Waals surface area contributed by atoms with Crippen LogP contribution in [0.2, 0.25) is 0 Å². The summed E-state index contributed by atoms with van der Waals surface area (Å²) < 4.78 is 76.2. The van der Waals surface area contributed by atoms with E-state index in [1.165, 1.54) is 41.7 Å². The van der Waals surface area contributed by atoms with Gasteiger partial charge >= 0.3 is 6.18 Å². The lowest BCUT2D eigenvalue weighted by molar-refractivity contribution is -0.189. The van der Waals surface area contributed by atoms with Crippen LogP contribution < -0.4 is 35.3 Å². The summed E-state index contributed by atoms with van der Waals surface area (Å²) in [5.41, 5.74) is 9.44. The highest BCUT2D eigenvalue weighted by Crippen LogP contribution is 2.69. The van der Waals surface area contributed by atoms with Crippen LogP contribution in [0.15, 0.2) is 129 Å². The van der Waals surface area contributed by atoms with Crippen LogP contribution in [0.25, 0.3) is 0 Å². The highest BCUT2D eigenvalue weighted by molar-refractivity contribution is 5.65. The molecule has 12 aliphatic rings. The number of unbranched alkanes of at least 4 members (excludes halogenated alkanes) is 5. The van der Waals surface area contributed by atoms with Crippen molar-refractivity contribution in [2.24, 2.45) is 5.73 Å². The van der Waals surface area contributed by atoms with E-state index in [2.05, 4.69) is 70.7 Å². The molecule has 6 fully saturated rings. The molecule has 4 unspecified atom stereocenters. The summed E-state index contributed by atoms with van der Waals surface area (Å²) >= 11 is 0. The van der Waals surface area contributed by atoms with Gasteiger partial charge in [0.1, 0.15) is 30.2 Å². The van der Waals surface area contributed by atoms with E-state index < -0.39 is 44.8 Å². The van der Waals surface area contributed by atoms with Crippen molar-refractivity contribution in [1.29, 1.82) is 0 Å². The number of aliphatic hydroxyl groups is 3. The van der Waals surface area contributed by atoms with Crippen molar-refractivity contribution in [2.45, 2.75) is 255 Å². The van der Waals surface area contributed by atoms with Crippen LogP contribution in [-0.2, 0) is 51.2 Å².